The molecule has 3 aromatic carbocycles. The van der Waals surface area contributed by atoms with Crippen molar-refractivity contribution < 1.29 is 12.6 Å². The van der Waals surface area contributed by atoms with E-state index in [1.165, 1.54) is 0 Å². The summed E-state index contributed by atoms with van der Waals surface area (Å²) >= 11 is 0. The fraction of sp³-hybridized carbons (Fsp3) is 0.0526. The lowest BCUT2D eigenvalue weighted by Gasteiger charge is -2.08. The molecule has 0 spiro atoms. The summed E-state index contributed by atoms with van der Waals surface area (Å²) in [6.45, 7) is 1.93. The molecular formula is C19H16O3S. The standard InChI is InChI=1S/C19H16O3S/c1-15-7-11-18(12-8-15)22-23(20,21)19-13-9-17(10-14-19)16-5-3-2-4-6-16/h2-14H,1H3. The van der Waals surface area contributed by atoms with Gasteiger partial charge in [0.25, 0.3) is 0 Å². The fourth-order valence-corrected chi connectivity index (χ4v) is 3.14. The van der Waals surface area contributed by atoms with Gasteiger partial charge in [-0.3, -0.25) is 0 Å². The normalized spacial score (nSPS) is 11.2. The van der Waals surface area contributed by atoms with E-state index >= 15 is 0 Å². The first-order valence-corrected chi connectivity index (χ1v) is 8.62. The van der Waals surface area contributed by atoms with Crippen LogP contribution in [-0.2, 0) is 10.1 Å². The molecule has 4 heteroatoms. The van der Waals surface area contributed by atoms with Gasteiger partial charge in [0.2, 0.25) is 0 Å². The second kappa shape index (κ2) is 6.26. The zero-order valence-electron chi connectivity index (χ0n) is 12.6. The Hall–Kier alpha value is -2.59. The first-order valence-electron chi connectivity index (χ1n) is 7.21. The van der Waals surface area contributed by atoms with Crippen molar-refractivity contribution in [2.24, 2.45) is 0 Å². The molecule has 0 aliphatic rings. The fourth-order valence-electron chi connectivity index (χ4n) is 2.21. The molecule has 0 aliphatic heterocycles. The van der Waals surface area contributed by atoms with E-state index in [-0.39, 0.29) is 4.90 Å². The molecule has 0 atom stereocenters. The van der Waals surface area contributed by atoms with Crippen LogP contribution in [0.2, 0.25) is 0 Å². The minimum Gasteiger partial charge on any atom is -0.379 e. The van der Waals surface area contributed by atoms with E-state index < -0.39 is 10.1 Å². The Morgan fingerprint density at radius 3 is 1.87 bits per heavy atom. The van der Waals surface area contributed by atoms with E-state index in [2.05, 4.69) is 0 Å². The van der Waals surface area contributed by atoms with Gasteiger partial charge in [0.15, 0.2) is 0 Å². The molecule has 0 bridgehead atoms. The maximum Gasteiger partial charge on any atom is 0.339 e. The highest BCUT2D eigenvalue weighted by molar-refractivity contribution is 7.87. The maximum absolute atomic E-state index is 12.3. The summed E-state index contributed by atoms with van der Waals surface area (Å²) in [5.41, 5.74) is 3.04. The van der Waals surface area contributed by atoms with Crippen LogP contribution in [0.3, 0.4) is 0 Å². The number of hydrogen-bond donors (Lipinski definition) is 0. The predicted octanol–water partition coefficient (Wildman–Crippen LogP) is 4.43. The second-order valence-electron chi connectivity index (χ2n) is 5.24. The summed E-state index contributed by atoms with van der Waals surface area (Å²) in [5.74, 6) is 0.308. The Kier molecular flexibility index (Phi) is 4.17. The third-order valence-corrected chi connectivity index (χ3v) is 4.74. The highest BCUT2D eigenvalue weighted by Gasteiger charge is 2.16. The summed E-state index contributed by atoms with van der Waals surface area (Å²) < 4.78 is 29.8. The molecule has 0 N–H and O–H groups in total. The molecule has 3 rings (SSSR count). The Labute approximate surface area is 136 Å². The predicted molar refractivity (Wildman–Crippen MR) is 90.9 cm³/mol. The summed E-state index contributed by atoms with van der Waals surface area (Å²) in [7, 11) is -3.83. The summed E-state index contributed by atoms with van der Waals surface area (Å²) in [4.78, 5) is 0.137. The largest absolute Gasteiger partial charge is 0.379 e. The van der Waals surface area contributed by atoms with Gasteiger partial charge in [0, 0.05) is 0 Å². The van der Waals surface area contributed by atoms with Crippen molar-refractivity contribution in [2.75, 3.05) is 0 Å². The Morgan fingerprint density at radius 1 is 0.696 bits per heavy atom. The zero-order chi connectivity index (χ0) is 16.3. The quantitative estimate of drug-likeness (QED) is 0.667. The van der Waals surface area contributed by atoms with Crippen molar-refractivity contribution in [2.45, 2.75) is 11.8 Å². The highest BCUT2D eigenvalue weighted by atomic mass is 32.2. The van der Waals surface area contributed by atoms with Gasteiger partial charge in [0.05, 0.1) is 0 Å². The highest BCUT2D eigenvalue weighted by Crippen LogP contribution is 2.23. The molecule has 0 aliphatic carbocycles. The molecular weight excluding hydrogens is 308 g/mol. The smallest absolute Gasteiger partial charge is 0.339 e. The van der Waals surface area contributed by atoms with Gasteiger partial charge in [-0.15, -0.1) is 0 Å². The Bertz CT molecular complexity index is 882. The van der Waals surface area contributed by atoms with Crippen LogP contribution < -0.4 is 4.18 Å². The van der Waals surface area contributed by atoms with Crippen LogP contribution in [0.1, 0.15) is 5.56 Å². The van der Waals surface area contributed by atoms with Crippen LogP contribution in [0.15, 0.2) is 83.8 Å². The van der Waals surface area contributed by atoms with Gasteiger partial charge in [0.1, 0.15) is 10.6 Å². The maximum atomic E-state index is 12.3. The average molecular weight is 324 g/mol. The van der Waals surface area contributed by atoms with Crippen LogP contribution in [0.4, 0.5) is 0 Å². The molecule has 0 saturated carbocycles. The number of aryl methyl sites for hydroxylation is 1. The molecule has 3 aromatic rings. The Morgan fingerprint density at radius 2 is 1.26 bits per heavy atom. The van der Waals surface area contributed by atoms with Gasteiger partial charge >= 0.3 is 10.1 Å². The zero-order valence-corrected chi connectivity index (χ0v) is 13.5. The van der Waals surface area contributed by atoms with E-state index in [0.717, 1.165) is 16.7 Å². The third-order valence-electron chi connectivity index (χ3n) is 3.48. The molecule has 3 nitrogen and oxygen atoms in total. The molecule has 0 heterocycles. The lowest BCUT2D eigenvalue weighted by Crippen LogP contribution is -2.09. The van der Waals surface area contributed by atoms with E-state index in [0.29, 0.717) is 5.75 Å². The molecule has 0 fully saturated rings. The van der Waals surface area contributed by atoms with Crippen LogP contribution in [-0.4, -0.2) is 8.42 Å². The van der Waals surface area contributed by atoms with E-state index in [1.54, 1.807) is 36.4 Å². The van der Waals surface area contributed by atoms with Gasteiger partial charge in [-0.2, -0.15) is 8.42 Å². The number of rotatable bonds is 4. The lowest BCUT2D eigenvalue weighted by atomic mass is 10.1. The molecule has 0 unspecified atom stereocenters. The average Bonchev–Trinajstić information content (AvgIpc) is 2.58. The Balaban J connectivity index is 1.84. The van der Waals surface area contributed by atoms with Crippen LogP contribution in [0.25, 0.3) is 11.1 Å². The van der Waals surface area contributed by atoms with Gasteiger partial charge in [-0.05, 0) is 42.3 Å². The van der Waals surface area contributed by atoms with E-state index in [1.807, 2.05) is 49.4 Å². The minimum absolute atomic E-state index is 0.137. The van der Waals surface area contributed by atoms with Gasteiger partial charge < -0.3 is 4.18 Å². The summed E-state index contributed by atoms with van der Waals surface area (Å²) in [6, 6.07) is 23.4. The van der Waals surface area contributed by atoms with Crippen molar-refractivity contribution in [1.29, 1.82) is 0 Å². The van der Waals surface area contributed by atoms with Crippen molar-refractivity contribution in [3.05, 3.63) is 84.4 Å². The number of hydrogen-bond acceptors (Lipinski definition) is 3. The number of benzene rings is 3. The first kappa shape index (κ1) is 15.3. The second-order valence-corrected chi connectivity index (χ2v) is 6.79. The SMILES string of the molecule is Cc1ccc(OS(=O)(=O)c2ccc(-c3ccccc3)cc2)cc1. The molecule has 0 saturated heterocycles. The molecule has 0 radical (unpaired) electrons. The van der Waals surface area contributed by atoms with Crippen molar-refractivity contribution in [3.63, 3.8) is 0 Å². The van der Waals surface area contributed by atoms with Crippen LogP contribution >= 0.6 is 0 Å². The van der Waals surface area contributed by atoms with Crippen molar-refractivity contribution >= 4 is 10.1 Å². The minimum atomic E-state index is -3.83. The topological polar surface area (TPSA) is 43.4 Å². The summed E-state index contributed by atoms with van der Waals surface area (Å²) in [6.07, 6.45) is 0. The molecule has 116 valence electrons. The molecule has 0 aromatic heterocycles. The first-order chi connectivity index (χ1) is 11.0. The van der Waals surface area contributed by atoms with Crippen LogP contribution in [0, 0.1) is 6.92 Å². The van der Waals surface area contributed by atoms with E-state index in [4.69, 9.17) is 4.18 Å². The summed E-state index contributed by atoms with van der Waals surface area (Å²) in [5, 5.41) is 0. The lowest BCUT2D eigenvalue weighted by molar-refractivity contribution is 0.486. The van der Waals surface area contributed by atoms with Gasteiger partial charge in [-0.1, -0.05) is 60.2 Å². The van der Waals surface area contributed by atoms with Gasteiger partial charge in [-0.25, -0.2) is 0 Å². The van der Waals surface area contributed by atoms with Crippen molar-refractivity contribution in [3.8, 4) is 16.9 Å². The van der Waals surface area contributed by atoms with Crippen molar-refractivity contribution in [1.82, 2.24) is 0 Å². The third kappa shape index (κ3) is 3.60. The van der Waals surface area contributed by atoms with Crippen LogP contribution in [0.5, 0.6) is 5.75 Å². The monoisotopic (exact) mass is 324 g/mol. The molecule has 0 amide bonds. The van der Waals surface area contributed by atoms with E-state index in [9.17, 15) is 8.42 Å². The molecule has 23 heavy (non-hydrogen) atoms.